The Morgan fingerprint density at radius 2 is 2.04 bits per heavy atom. The Morgan fingerprint density at radius 1 is 1.21 bits per heavy atom. The first kappa shape index (κ1) is 20.4. The van der Waals surface area contributed by atoms with Gasteiger partial charge in [-0.2, -0.15) is 0 Å². The van der Waals surface area contributed by atoms with Gasteiger partial charge in [0.15, 0.2) is 0 Å². The Hall–Kier alpha value is -2.36. The molecule has 4 heteroatoms. The molecule has 1 unspecified atom stereocenters. The first-order valence-corrected chi connectivity index (χ1v) is 10.5. The zero-order chi connectivity index (χ0) is 19.8. The number of nitrogens with one attached hydrogen (secondary N) is 1. The van der Waals surface area contributed by atoms with Gasteiger partial charge in [-0.25, -0.2) is 0 Å². The average Bonchev–Trinajstić information content (AvgIpc) is 3.20. The summed E-state index contributed by atoms with van der Waals surface area (Å²) in [6, 6.07) is 12.2. The lowest BCUT2D eigenvalue weighted by molar-refractivity contribution is -0.121. The third kappa shape index (κ3) is 6.08. The van der Waals surface area contributed by atoms with Crippen molar-refractivity contribution in [1.82, 2.24) is 10.3 Å². The van der Waals surface area contributed by atoms with E-state index in [-0.39, 0.29) is 11.8 Å². The Balaban J connectivity index is 1.47. The summed E-state index contributed by atoms with van der Waals surface area (Å²) in [5.41, 5.74) is 2.33. The molecule has 1 amide bonds. The largest absolute Gasteiger partial charge is 0.490 e. The smallest absolute Gasteiger partial charge is 0.220 e. The second-order valence-corrected chi connectivity index (χ2v) is 8.11. The van der Waals surface area contributed by atoms with Gasteiger partial charge in [0.1, 0.15) is 5.75 Å². The Kier molecular flexibility index (Phi) is 7.46. The van der Waals surface area contributed by atoms with Crippen molar-refractivity contribution in [3.63, 3.8) is 0 Å². The van der Waals surface area contributed by atoms with Crippen LogP contribution in [0.2, 0.25) is 0 Å². The zero-order valence-corrected chi connectivity index (χ0v) is 17.1. The molecule has 1 atom stereocenters. The van der Waals surface area contributed by atoms with Crippen molar-refractivity contribution in [2.45, 2.75) is 64.4 Å². The highest BCUT2D eigenvalue weighted by atomic mass is 16.5. The van der Waals surface area contributed by atoms with Gasteiger partial charge in [-0.1, -0.05) is 32.0 Å². The molecule has 1 aromatic carbocycles. The standard InChI is InChI=1S/C24H32N2O2/c1-18(2)23(20-8-6-14-25-16-20)17-26-24(27)13-12-19-7-5-11-22(15-19)28-21-9-3-4-10-21/h5-8,11,14-16,18,21,23H,3-4,9-10,12-13,17H2,1-2H3,(H,26,27). The van der Waals surface area contributed by atoms with Gasteiger partial charge in [0.05, 0.1) is 6.10 Å². The van der Waals surface area contributed by atoms with Gasteiger partial charge < -0.3 is 10.1 Å². The molecule has 0 bridgehead atoms. The topological polar surface area (TPSA) is 51.2 Å². The molecule has 28 heavy (non-hydrogen) atoms. The van der Waals surface area contributed by atoms with E-state index >= 15 is 0 Å². The van der Waals surface area contributed by atoms with Crippen molar-refractivity contribution < 1.29 is 9.53 Å². The molecule has 1 saturated carbocycles. The van der Waals surface area contributed by atoms with Gasteiger partial charge in [-0.05, 0) is 67.3 Å². The van der Waals surface area contributed by atoms with E-state index in [0.29, 0.717) is 25.0 Å². The summed E-state index contributed by atoms with van der Waals surface area (Å²) in [4.78, 5) is 16.6. The van der Waals surface area contributed by atoms with E-state index in [2.05, 4.69) is 42.3 Å². The number of pyridine rings is 1. The Labute approximate surface area is 168 Å². The maximum absolute atomic E-state index is 12.4. The quantitative estimate of drug-likeness (QED) is 0.674. The van der Waals surface area contributed by atoms with E-state index < -0.39 is 0 Å². The highest BCUT2D eigenvalue weighted by Crippen LogP contribution is 2.25. The van der Waals surface area contributed by atoms with Crippen LogP contribution in [0, 0.1) is 5.92 Å². The maximum Gasteiger partial charge on any atom is 0.220 e. The highest BCUT2D eigenvalue weighted by Gasteiger charge is 2.18. The van der Waals surface area contributed by atoms with Crippen LogP contribution in [0.5, 0.6) is 5.75 Å². The van der Waals surface area contributed by atoms with E-state index in [1.54, 1.807) is 6.20 Å². The molecular formula is C24H32N2O2. The van der Waals surface area contributed by atoms with Gasteiger partial charge in [0.25, 0.3) is 0 Å². The van der Waals surface area contributed by atoms with Crippen molar-refractivity contribution in [1.29, 1.82) is 0 Å². The van der Waals surface area contributed by atoms with Crippen LogP contribution in [0.25, 0.3) is 0 Å². The first-order chi connectivity index (χ1) is 13.6. The van der Waals surface area contributed by atoms with E-state index in [9.17, 15) is 4.79 Å². The van der Waals surface area contributed by atoms with Gasteiger partial charge in [0, 0.05) is 31.3 Å². The predicted molar refractivity (Wildman–Crippen MR) is 112 cm³/mol. The van der Waals surface area contributed by atoms with Crippen LogP contribution >= 0.6 is 0 Å². The van der Waals surface area contributed by atoms with Gasteiger partial charge >= 0.3 is 0 Å². The first-order valence-electron chi connectivity index (χ1n) is 10.5. The number of benzene rings is 1. The van der Waals surface area contributed by atoms with Gasteiger partial charge in [-0.3, -0.25) is 9.78 Å². The van der Waals surface area contributed by atoms with E-state index in [1.165, 1.54) is 18.4 Å². The molecule has 0 radical (unpaired) electrons. The molecular weight excluding hydrogens is 348 g/mol. The van der Waals surface area contributed by atoms with Crippen LogP contribution in [0.3, 0.4) is 0 Å². The average molecular weight is 381 g/mol. The lowest BCUT2D eigenvalue weighted by atomic mass is 9.89. The minimum absolute atomic E-state index is 0.0941. The number of hydrogen-bond donors (Lipinski definition) is 1. The van der Waals surface area contributed by atoms with Crippen molar-refractivity contribution in [3.05, 3.63) is 59.9 Å². The Morgan fingerprint density at radius 3 is 2.75 bits per heavy atom. The maximum atomic E-state index is 12.4. The molecule has 1 N–H and O–H groups in total. The summed E-state index contributed by atoms with van der Waals surface area (Å²) in [6.07, 6.45) is 10.1. The van der Waals surface area contributed by atoms with Crippen molar-refractivity contribution in [2.24, 2.45) is 5.92 Å². The number of amides is 1. The summed E-state index contributed by atoms with van der Waals surface area (Å²) >= 11 is 0. The third-order valence-electron chi connectivity index (χ3n) is 5.58. The molecule has 1 heterocycles. The summed E-state index contributed by atoms with van der Waals surface area (Å²) in [5, 5.41) is 3.11. The SMILES string of the molecule is CC(C)C(CNC(=O)CCc1cccc(OC2CCCC2)c1)c1cccnc1. The van der Waals surface area contributed by atoms with Crippen LogP contribution in [-0.2, 0) is 11.2 Å². The zero-order valence-electron chi connectivity index (χ0n) is 17.1. The molecule has 1 aromatic heterocycles. The van der Waals surface area contributed by atoms with Crippen molar-refractivity contribution in [3.8, 4) is 5.75 Å². The third-order valence-corrected chi connectivity index (χ3v) is 5.58. The lowest BCUT2D eigenvalue weighted by Crippen LogP contribution is -2.30. The van der Waals surface area contributed by atoms with Gasteiger partial charge in [0.2, 0.25) is 5.91 Å². The molecule has 150 valence electrons. The highest BCUT2D eigenvalue weighted by molar-refractivity contribution is 5.76. The van der Waals surface area contributed by atoms with Crippen LogP contribution in [0.4, 0.5) is 0 Å². The van der Waals surface area contributed by atoms with Crippen molar-refractivity contribution in [2.75, 3.05) is 6.54 Å². The van der Waals surface area contributed by atoms with E-state index in [0.717, 1.165) is 30.6 Å². The number of aryl methyl sites for hydroxylation is 1. The normalized spacial score (nSPS) is 15.5. The molecule has 0 spiro atoms. The van der Waals surface area contributed by atoms with Gasteiger partial charge in [-0.15, -0.1) is 0 Å². The molecule has 1 aliphatic carbocycles. The van der Waals surface area contributed by atoms with E-state index in [1.807, 2.05) is 24.4 Å². The molecule has 2 aromatic rings. The molecule has 4 nitrogen and oxygen atoms in total. The minimum Gasteiger partial charge on any atom is -0.490 e. The number of nitrogens with zero attached hydrogens (tertiary/aromatic N) is 1. The monoisotopic (exact) mass is 380 g/mol. The summed E-state index contributed by atoms with van der Waals surface area (Å²) < 4.78 is 6.07. The predicted octanol–water partition coefficient (Wildman–Crippen LogP) is 4.89. The number of carbonyl (C=O) groups excluding carboxylic acids is 1. The number of rotatable bonds is 9. The number of ether oxygens (including phenoxy) is 1. The summed E-state index contributed by atoms with van der Waals surface area (Å²) in [5.74, 6) is 1.74. The Bertz CT molecular complexity index is 739. The van der Waals surface area contributed by atoms with Crippen LogP contribution in [0.1, 0.15) is 63.0 Å². The molecule has 0 saturated heterocycles. The second kappa shape index (κ2) is 10.3. The fraction of sp³-hybridized carbons (Fsp3) is 0.500. The van der Waals surface area contributed by atoms with Crippen LogP contribution in [-0.4, -0.2) is 23.5 Å². The number of carbonyl (C=O) groups is 1. The molecule has 0 aliphatic heterocycles. The number of aromatic nitrogens is 1. The summed E-state index contributed by atoms with van der Waals surface area (Å²) in [7, 11) is 0. The molecule has 3 rings (SSSR count). The fourth-order valence-corrected chi connectivity index (χ4v) is 3.88. The van der Waals surface area contributed by atoms with Crippen LogP contribution in [0.15, 0.2) is 48.8 Å². The second-order valence-electron chi connectivity index (χ2n) is 8.11. The van der Waals surface area contributed by atoms with E-state index in [4.69, 9.17) is 4.74 Å². The fourth-order valence-electron chi connectivity index (χ4n) is 3.88. The molecule has 1 aliphatic rings. The van der Waals surface area contributed by atoms with Crippen LogP contribution < -0.4 is 10.1 Å². The summed E-state index contributed by atoms with van der Waals surface area (Å²) in [6.45, 7) is 5.01. The lowest BCUT2D eigenvalue weighted by Gasteiger charge is -2.21. The number of hydrogen-bond acceptors (Lipinski definition) is 3. The van der Waals surface area contributed by atoms with Crippen molar-refractivity contribution >= 4 is 5.91 Å². The molecule has 1 fully saturated rings. The minimum atomic E-state index is 0.0941.